The maximum absolute atomic E-state index is 10.5. The molecule has 0 bridgehead atoms. The van der Waals surface area contributed by atoms with E-state index in [-0.39, 0.29) is 6.54 Å². The Bertz CT molecular complexity index is 376. The number of aryl methyl sites for hydroxylation is 2. The lowest BCUT2D eigenvalue weighted by Gasteiger charge is -2.13. The van der Waals surface area contributed by atoms with E-state index in [1.807, 2.05) is 6.92 Å². The topological polar surface area (TPSA) is 58.4 Å². The zero-order valence-corrected chi connectivity index (χ0v) is 9.75. The number of likely N-dealkylation sites (N-methyl/N-ethyl adjacent to an activating group) is 1. The average molecular weight is 232 g/mol. The molecule has 84 valence electrons. The van der Waals surface area contributed by atoms with Crippen LogP contribution in [0.3, 0.4) is 0 Å². The van der Waals surface area contributed by atoms with Crippen LogP contribution in [0.25, 0.3) is 0 Å². The molecule has 0 atom stereocenters. The molecular formula is C9H14ClN3O2. The number of nitrogens with zero attached hydrogens (tertiary/aromatic N) is 3. The van der Waals surface area contributed by atoms with Crippen molar-refractivity contribution >= 4 is 17.6 Å². The fraction of sp³-hybridized carbons (Fsp3) is 0.556. The molecule has 0 fully saturated rings. The number of aromatic nitrogens is 2. The van der Waals surface area contributed by atoms with Crippen LogP contribution >= 0.6 is 11.6 Å². The van der Waals surface area contributed by atoms with Gasteiger partial charge in [-0.2, -0.15) is 5.10 Å². The van der Waals surface area contributed by atoms with E-state index in [4.69, 9.17) is 16.7 Å². The summed E-state index contributed by atoms with van der Waals surface area (Å²) < 4.78 is 1.58. The van der Waals surface area contributed by atoms with Gasteiger partial charge in [0.2, 0.25) is 0 Å². The predicted molar refractivity (Wildman–Crippen MR) is 56.9 cm³/mol. The monoisotopic (exact) mass is 231 g/mol. The van der Waals surface area contributed by atoms with Crippen molar-refractivity contribution in [2.75, 3.05) is 13.6 Å². The minimum atomic E-state index is -0.852. The van der Waals surface area contributed by atoms with Crippen molar-refractivity contribution in [3.05, 3.63) is 16.4 Å². The van der Waals surface area contributed by atoms with Gasteiger partial charge in [0.15, 0.2) is 0 Å². The minimum Gasteiger partial charge on any atom is -0.480 e. The zero-order valence-electron chi connectivity index (χ0n) is 8.99. The maximum atomic E-state index is 10.5. The minimum absolute atomic E-state index is 0.00926. The second kappa shape index (κ2) is 4.63. The summed E-state index contributed by atoms with van der Waals surface area (Å²) in [7, 11) is 3.49. The van der Waals surface area contributed by atoms with Crippen LogP contribution in [0.1, 0.15) is 11.3 Å². The fourth-order valence-electron chi connectivity index (χ4n) is 1.41. The van der Waals surface area contributed by atoms with Crippen LogP contribution in [-0.4, -0.2) is 39.3 Å². The highest BCUT2D eigenvalue weighted by Crippen LogP contribution is 2.19. The molecule has 0 saturated heterocycles. The molecule has 0 aliphatic heterocycles. The van der Waals surface area contributed by atoms with Gasteiger partial charge in [0, 0.05) is 19.2 Å². The largest absolute Gasteiger partial charge is 0.480 e. The number of carboxylic acid groups (broad SMARTS) is 1. The molecule has 1 N–H and O–H groups in total. The highest BCUT2D eigenvalue weighted by Gasteiger charge is 2.14. The van der Waals surface area contributed by atoms with Crippen molar-refractivity contribution in [1.82, 2.24) is 14.7 Å². The van der Waals surface area contributed by atoms with Crippen molar-refractivity contribution in [1.29, 1.82) is 0 Å². The summed E-state index contributed by atoms with van der Waals surface area (Å²) in [5.74, 6) is -0.852. The van der Waals surface area contributed by atoms with Crippen LogP contribution in [0, 0.1) is 6.92 Å². The molecule has 0 unspecified atom stereocenters. The molecule has 0 radical (unpaired) electrons. The Hall–Kier alpha value is -1.07. The predicted octanol–water partition coefficient (Wildman–Crippen LogP) is 0.898. The molecule has 1 rings (SSSR count). The normalized spacial score (nSPS) is 11.0. The third kappa shape index (κ3) is 2.94. The summed E-state index contributed by atoms with van der Waals surface area (Å²) >= 11 is 6.02. The molecule has 6 heteroatoms. The number of carbonyl (C=O) groups is 1. The van der Waals surface area contributed by atoms with Crippen molar-refractivity contribution in [3.8, 4) is 0 Å². The first-order valence-electron chi connectivity index (χ1n) is 4.50. The van der Waals surface area contributed by atoms with Gasteiger partial charge in [0.25, 0.3) is 0 Å². The Morgan fingerprint density at radius 3 is 2.67 bits per heavy atom. The average Bonchev–Trinajstić information content (AvgIpc) is 2.31. The van der Waals surface area contributed by atoms with Gasteiger partial charge in [-0.15, -0.1) is 0 Å². The highest BCUT2D eigenvalue weighted by molar-refractivity contribution is 6.30. The fourth-order valence-corrected chi connectivity index (χ4v) is 1.64. The smallest absolute Gasteiger partial charge is 0.317 e. The lowest BCUT2D eigenvalue weighted by molar-refractivity contribution is -0.138. The zero-order chi connectivity index (χ0) is 11.6. The molecule has 1 aromatic heterocycles. The molecule has 0 spiro atoms. The van der Waals surface area contributed by atoms with E-state index in [1.54, 1.807) is 23.7 Å². The van der Waals surface area contributed by atoms with Crippen LogP contribution < -0.4 is 0 Å². The Morgan fingerprint density at radius 1 is 1.67 bits per heavy atom. The van der Waals surface area contributed by atoms with Crippen molar-refractivity contribution < 1.29 is 9.90 Å². The highest BCUT2D eigenvalue weighted by atomic mass is 35.5. The molecule has 0 amide bonds. The third-order valence-corrected chi connectivity index (χ3v) is 2.58. The van der Waals surface area contributed by atoms with E-state index in [2.05, 4.69) is 5.10 Å². The molecule has 1 aromatic rings. The summed E-state index contributed by atoms with van der Waals surface area (Å²) in [5.41, 5.74) is 1.71. The second-order valence-electron chi connectivity index (χ2n) is 3.54. The van der Waals surface area contributed by atoms with Gasteiger partial charge in [-0.25, -0.2) is 0 Å². The van der Waals surface area contributed by atoms with Crippen molar-refractivity contribution in [2.45, 2.75) is 13.5 Å². The molecule has 0 aliphatic rings. The molecule has 5 nitrogen and oxygen atoms in total. The molecule has 15 heavy (non-hydrogen) atoms. The number of carboxylic acids is 1. The van der Waals surface area contributed by atoms with Crippen molar-refractivity contribution in [2.24, 2.45) is 7.05 Å². The Balaban J connectivity index is 2.76. The lowest BCUT2D eigenvalue weighted by atomic mass is 10.2. The summed E-state index contributed by atoms with van der Waals surface area (Å²) in [6, 6.07) is 0. The maximum Gasteiger partial charge on any atom is 0.317 e. The van der Waals surface area contributed by atoms with E-state index in [9.17, 15) is 4.79 Å². The van der Waals surface area contributed by atoms with E-state index in [0.29, 0.717) is 11.7 Å². The Labute approximate surface area is 93.2 Å². The number of hydrogen-bond donors (Lipinski definition) is 1. The van der Waals surface area contributed by atoms with Gasteiger partial charge in [0.1, 0.15) is 5.15 Å². The van der Waals surface area contributed by atoms with Gasteiger partial charge >= 0.3 is 5.97 Å². The summed E-state index contributed by atoms with van der Waals surface area (Å²) in [4.78, 5) is 12.2. The molecule has 0 aliphatic carbocycles. The number of hydrogen-bond acceptors (Lipinski definition) is 3. The van der Waals surface area contributed by atoms with Gasteiger partial charge in [-0.3, -0.25) is 14.4 Å². The van der Waals surface area contributed by atoms with E-state index in [0.717, 1.165) is 11.3 Å². The van der Waals surface area contributed by atoms with E-state index in [1.165, 1.54) is 0 Å². The van der Waals surface area contributed by atoms with Gasteiger partial charge in [-0.1, -0.05) is 11.6 Å². The van der Waals surface area contributed by atoms with E-state index >= 15 is 0 Å². The summed E-state index contributed by atoms with van der Waals surface area (Å²) in [5, 5.41) is 13.3. The van der Waals surface area contributed by atoms with Gasteiger partial charge in [0.05, 0.1) is 12.2 Å². The first-order chi connectivity index (χ1) is 6.91. The van der Waals surface area contributed by atoms with Crippen LogP contribution in [0.15, 0.2) is 0 Å². The third-order valence-electron chi connectivity index (χ3n) is 2.10. The van der Waals surface area contributed by atoms with Crippen LogP contribution in [0.5, 0.6) is 0 Å². The number of halogens is 1. The Morgan fingerprint density at radius 2 is 2.27 bits per heavy atom. The molecule has 0 saturated carbocycles. The molecule has 0 aromatic carbocycles. The van der Waals surface area contributed by atoms with E-state index < -0.39 is 5.97 Å². The summed E-state index contributed by atoms with van der Waals surface area (Å²) in [6.07, 6.45) is 0. The standard InChI is InChI=1S/C9H14ClN3O2/c1-6-7(9(10)13(3)11-6)4-12(2)5-8(14)15/h4-5H2,1-3H3,(H,14,15). The quantitative estimate of drug-likeness (QED) is 0.837. The molecular weight excluding hydrogens is 218 g/mol. The first kappa shape index (κ1) is 12.0. The second-order valence-corrected chi connectivity index (χ2v) is 3.90. The molecule has 1 heterocycles. The van der Waals surface area contributed by atoms with Crippen molar-refractivity contribution in [3.63, 3.8) is 0 Å². The van der Waals surface area contributed by atoms with Crippen LogP contribution in [0.2, 0.25) is 5.15 Å². The lowest BCUT2D eigenvalue weighted by Crippen LogP contribution is -2.25. The number of aliphatic carboxylic acids is 1. The van der Waals surface area contributed by atoms with Crippen LogP contribution in [0.4, 0.5) is 0 Å². The Kier molecular flexibility index (Phi) is 3.71. The van der Waals surface area contributed by atoms with Gasteiger partial charge < -0.3 is 5.11 Å². The van der Waals surface area contributed by atoms with Gasteiger partial charge in [-0.05, 0) is 14.0 Å². The van der Waals surface area contributed by atoms with Crippen LogP contribution in [-0.2, 0) is 18.4 Å². The summed E-state index contributed by atoms with van der Waals surface area (Å²) in [6.45, 7) is 2.34. The number of rotatable bonds is 4. The SMILES string of the molecule is Cc1nn(C)c(Cl)c1CN(C)CC(=O)O. The first-order valence-corrected chi connectivity index (χ1v) is 4.88.